The van der Waals surface area contributed by atoms with Crippen LogP contribution in [0.3, 0.4) is 0 Å². The number of carbonyl (C=O) groups is 1. The lowest BCUT2D eigenvalue weighted by Gasteiger charge is -2.35. The van der Waals surface area contributed by atoms with Crippen LogP contribution in [0.5, 0.6) is 5.75 Å². The van der Waals surface area contributed by atoms with E-state index in [4.69, 9.17) is 4.74 Å². The van der Waals surface area contributed by atoms with Crippen LogP contribution in [0.2, 0.25) is 0 Å². The molecule has 3 rings (SSSR count). The lowest BCUT2D eigenvalue weighted by atomic mass is 10.1. The highest BCUT2D eigenvalue weighted by atomic mass is 32.2. The van der Waals surface area contributed by atoms with E-state index in [-0.39, 0.29) is 18.1 Å². The van der Waals surface area contributed by atoms with Crippen LogP contribution in [0.1, 0.15) is 18.9 Å². The maximum atomic E-state index is 12.6. The summed E-state index contributed by atoms with van der Waals surface area (Å²) < 4.78 is 32.2. The van der Waals surface area contributed by atoms with Crippen LogP contribution in [-0.4, -0.2) is 63.7 Å². The first-order chi connectivity index (χ1) is 15.0. The molecule has 0 radical (unpaired) electrons. The van der Waals surface area contributed by atoms with E-state index in [2.05, 4.69) is 10.2 Å². The van der Waals surface area contributed by atoms with Gasteiger partial charge in [-0.1, -0.05) is 30.3 Å². The van der Waals surface area contributed by atoms with E-state index in [9.17, 15) is 13.2 Å². The maximum Gasteiger partial charge on any atom is 0.224 e. The molecular weight excluding hydrogens is 414 g/mol. The number of sulfonamides is 1. The molecule has 0 saturated carbocycles. The number of hydrogen-bond acceptors (Lipinski definition) is 5. The molecular formula is C23H31N3O4S. The Hall–Kier alpha value is -2.58. The molecule has 168 valence electrons. The summed E-state index contributed by atoms with van der Waals surface area (Å²) in [6.45, 7) is 5.21. The molecule has 2 aromatic rings. The Labute approximate surface area is 185 Å². The number of ether oxygens (including phenoxy) is 1. The first-order valence-electron chi connectivity index (χ1n) is 10.7. The van der Waals surface area contributed by atoms with Gasteiger partial charge in [-0.15, -0.1) is 0 Å². The van der Waals surface area contributed by atoms with Gasteiger partial charge >= 0.3 is 0 Å². The molecule has 2 aromatic carbocycles. The third kappa shape index (κ3) is 6.97. The van der Waals surface area contributed by atoms with Gasteiger partial charge in [-0.2, -0.15) is 4.31 Å². The van der Waals surface area contributed by atoms with Gasteiger partial charge in [0.15, 0.2) is 0 Å². The molecule has 1 amide bonds. The monoisotopic (exact) mass is 445 g/mol. The smallest absolute Gasteiger partial charge is 0.224 e. The molecule has 1 heterocycles. The predicted octanol–water partition coefficient (Wildman–Crippen LogP) is 2.29. The quantitative estimate of drug-likeness (QED) is 0.568. The van der Waals surface area contributed by atoms with Gasteiger partial charge in [-0.3, -0.25) is 4.79 Å². The Morgan fingerprint density at radius 2 is 1.68 bits per heavy atom. The van der Waals surface area contributed by atoms with Crippen molar-refractivity contribution >= 4 is 21.6 Å². The minimum atomic E-state index is -3.31. The zero-order chi connectivity index (χ0) is 22.1. The maximum absolute atomic E-state index is 12.6. The highest BCUT2D eigenvalue weighted by Gasteiger charge is 2.26. The van der Waals surface area contributed by atoms with Crippen molar-refractivity contribution in [2.45, 2.75) is 19.8 Å². The van der Waals surface area contributed by atoms with E-state index in [1.165, 1.54) is 0 Å². The fourth-order valence-electron chi connectivity index (χ4n) is 3.59. The largest absolute Gasteiger partial charge is 0.494 e. The highest BCUT2D eigenvalue weighted by Crippen LogP contribution is 2.17. The fraction of sp³-hybridized carbons (Fsp3) is 0.435. The van der Waals surface area contributed by atoms with Crippen molar-refractivity contribution in [2.75, 3.05) is 50.0 Å². The molecule has 1 aliphatic heterocycles. The normalized spacial score (nSPS) is 14.9. The molecule has 0 aromatic heterocycles. The second-order valence-corrected chi connectivity index (χ2v) is 9.58. The molecule has 7 nitrogen and oxygen atoms in total. The number of hydrogen-bond donors (Lipinski definition) is 1. The van der Waals surface area contributed by atoms with Gasteiger partial charge in [0.2, 0.25) is 15.9 Å². The summed E-state index contributed by atoms with van der Waals surface area (Å²) in [4.78, 5) is 14.3. The van der Waals surface area contributed by atoms with Gasteiger partial charge in [0, 0.05) is 38.4 Å². The van der Waals surface area contributed by atoms with Crippen molar-refractivity contribution in [2.24, 2.45) is 0 Å². The van der Waals surface area contributed by atoms with Crippen LogP contribution < -0.4 is 15.0 Å². The topological polar surface area (TPSA) is 78.9 Å². The molecule has 1 aliphatic rings. The second kappa shape index (κ2) is 11.2. The average molecular weight is 446 g/mol. The Morgan fingerprint density at radius 1 is 1.00 bits per heavy atom. The van der Waals surface area contributed by atoms with Crippen molar-refractivity contribution in [3.05, 3.63) is 60.2 Å². The Bertz CT molecular complexity index is 925. The third-order valence-corrected chi connectivity index (χ3v) is 7.21. The number of nitrogens with one attached hydrogen (secondary N) is 1. The van der Waals surface area contributed by atoms with Crippen molar-refractivity contribution in [1.82, 2.24) is 9.62 Å². The van der Waals surface area contributed by atoms with E-state index < -0.39 is 10.0 Å². The lowest BCUT2D eigenvalue weighted by Crippen LogP contribution is -2.49. The van der Waals surface area contributed by atoms with Crippen molar-refractivity contribution in [1.29, 1.82) is 0 Å². The van der Waals surface area contributed by atoms with Gasteiger partial charge in [0.25, 0.3) is 0 Å². The lowest BCUT2D eigenvalue weighted by molar-refractivity contribution is -0.120. The fourth-order valence-corrected chi connectivity index (χ4v) is 5.08. The van der Waals surface area contributed by atoms with E-state index in [1.54, 1.807) is 4.31 Å². The number of nitrogens with zero attached hydrogens (tertiary/aromatic N) is 2. The molecule has 1 fully saturated rings. The average Bonchev–Trinajstić information content (AvgIpc) is 2.79. The van der Waals surface area contributed by atoms with Crippen molar-refractivity contribution < 1.29 is 17.9 Å². The zero-order valence-corrected chi connectivity index (χ0v) is 18.8. The minimum Gasteiger partial charge on any atom is -0.494 e. The van der Waals surface area contributed by atoms with E-state index in [1.807, 2.05) is 61.5 Å². The molecule has 0 atom stereocenters. The first-order valence-corrected chi connectivity index (χ1v) is 12.3. The number of para-hydroxylation sites is 1. The molecule has 1 N–H and O–H groups in total. The summed E-state index contributed by atoms with van der Waals surface area (Å²) in [6, 6.07) is 17.5. The van der Waals surface area contributed by atoms with Crippen LogP contribution in [0.25, 0.3) is 0 Å². The summed E-state index contributed by atoms with van der Waals surface area (Å²) >= 11 is 0. The molecule has 0 unspecified atom stereocenters. The highest BCUT2D eigenvalue weighted by molar-refractivity contribution is 7.89. The molecule has 1 saturated heterocycles. The zero-order valence-electron chi connectivity index (χ0n) is 18.0. The minimum absolute atomic E-state index is 0.0433. The Balaban J connectivity index is 1.36. The Kier molecular flexibility index (Phi) is 8.31. The second-order valence-electron chi connectivity index (χ2n) is 7.49. The molecule has 0 spiro atoms. The molecule has 0 aliphatic carbocycles. The third-order valence-electron chi connectivity index (χ3n) is 5.25. The predicted molar refractivity (Wildman–Crippen MR) is 123 cm³/mol. The van der Waals surface area contributed by atoms with Crippen LogP contribution in [0, 0.1) is 0 Å². The Morgan fingerprint density at radius 3 is 2.32 bits per heavy atom. The number of benzene rings is 2. The summed E-state index contributed by atoms with van der Waals surface area (Å²) in [7, 11) is -3.31. The van der Waals surface area contributed by atoms with E-state index in [0.29, 0.717) is 45.8 Å². The van der Waals surface area contributed by atoms with Crippen molar-refractivity contribution in [3.8, 4) is 5.75 Å². The van der Waals surface area contributed by atoms with Gasteiger partial charge in [0.05, 0.1) is 18.8 Å². The summed E-state index contributed by atoms with van der Waals surface area (Å²) in [5.41, 5.74) is 2.01. The van der Waals surface area contributed by atoms with Gasteiger partial charge in [-0.25, -0.2) is 8.42 Å². The standard InChI is InChI=1S/C23H31N3O4S/c1-2-30-22-11-9-20(10-12-22)19-23(27)24-13-6-18-31(28,29)26-16-14-25(15-17-26)21-7-4-3-5-8-21/h3-5,7-12H,2,6,13-19H2,1H3,(H,24,27). The van der Waals surface area contributed by atoms with Crippen LogP contribution in [0.15, 0.2) is 54.6 Å². The SMILES string of the molecule is CCOc1ccc(CC(=O)NCCCS(=O)(=O)N2CCN(c3ccccc3)CC2)cc1. The summed E-state index contributed by atoms with van der Waals surface area (Å²) in [5, 5.41) is 2.81. The van der Waals surface area contributed by atoms with E-state index in [0.717, 1.165) is 17.0 Å². The van der Waals surface area contributed by atoms with Crippen LogP contribution in [-0.2, 0) is 21.2 Å². The molecule has 8 heteroatoms. The number of carbonyl (C=O) groups excluding carboxylic acids is 1. The number of rotatable bonds is 10. The number of piperazine rings is 1. The van der Waals surface area contributed by atoms with Gasteiger partial charge in [-0.05, 0) is 43.2 Å². The number of amides is 1. The van der Waals surface area contributed by atoms with Crippen LogP contribution >= 0.6 is 0 Å². The number of anilines is 1. The van der Waals surface area contributed by atoms with E-state index >= 15 is 0 Å². The van der Waals surface area contributed by atoms with Gasteiger partial charge in [0.1, 0.15) is 5.75 Å². The molecule has 31 heavy (non-hydrogen) atoms. The molecule has 0 bridgehead atoms. The first kappa shape index (κ1) is 23.1. The summed E-state index contributed by atoms with van der Waals surface area (Å²) in [6.07, 6.45) is 0.664. The van der Waals surface area contributed by atoms with Crippen molar-refractivity contribution in [3.63, 3.8) is 0 Å². The van der Waals surface area contributed by atoms with Gasteiger partial charge < -0.3 is 15.0 Å². The summed E-state index contributed by atoms with van der Waals surface area (Å²) in [5.74, 6) is 0.710. The van der Waals surface area contributed by atoms with Crippen LogP contribution in [0.4, 0.5) is 5.69 Å².